The molecule has 0 atom stereocenters. The third-order valence-corrected chi connectivity index (χ3v) is 3.61. The van der Waals surface area contributed by atoms with Crippen LogP contribution >= 0.6 is 39.1 Å². The molecule has 0 aliphatic rings. The van der Waals surface area contributed by atoms with Crippen LogP contribution < -0.4 is 0 Å². The molecule has 0 amide bonds. The predicted molar refractivity (Wildman–Crippen MR) is 43.3 cm³/mol. The van der Waals surface area contributed by atoms with Crippen molar-refractivity contribution in [2.24, 2.45) is 5.41 Å². The Morgan fingerprint density at radius 2 is 1.75 bits per heavy atom. The molecular formula is C5H9BrCl2. The molecule has 0 heterocycles. The second-order valence-corrected chi connectivity index (χ2v) is 3.31. The van der Waals surface area contributed by atoms with Crippen molar-refractivity contribution in [1.29, 1.82) is 0 Å². The SMILES string of the molecule is CC(CCl)(CCl)CBr. The Kier molecular flexibility index (Phi) is 4.50. The molecular weight excluding hydrogens is 211 g/mol. The first-order chi connectivity index (χ1) is 3.68. The summed E-state index contributed by atoms with van der Waals surface area (Å²) in [6.07, 6.45) is 0. The summed E-state index contributed by atoms with van der Waals surface area (Å²) in [5.74, 6) is 1.23. The molecule has 0 aromatic carbocycles. The molecule has 0 unspecified atom stereocenters. The highest BCUT2D eigenvalue weighted by Gasteiger charge is 2.19. The first-order valence-electron chi connectivity index (χ1n) is 2.36. The molecule has 0 nitrogen and oxygen atoms in total. The van der Waals surface area contributed by atoms with Crippen molar-refractivity contribution in [3.8, 4) is 0 Å². The molecule has 0 saturated carbocycles. The minimum atomic E-state index is 0.0725. The zero-order valence-electron chi connectivity index (χ0n) is 4.76. The van der Waals surface area contributed by atoms with Crippen molar-refractivity contribution >= 4 is 39.1 Å². The van der Waals surface area contributed by atoms with Gasteiger partial charge in [0.1, 0.15) is 0 Å². The molecule has 8 heavy (non-hydrogen) atoms. The van der Waals surface area contributed by atoms with Gasteiger partial charge in [0.15, 0.2) is 0 Å². The van der Waals surface area contributed by atoms with Crippen LogP contribution in [0, 0.1) is 5.41 Å². The summed E-state index contributed by atoms with van der Waals surface area (Å²) in [5.41, 5.74) is 0.0725. The van der Waals surface area contributed by atoms with E-state index in [1.54, 1.807) is 0 Å². The van der Waals surface area contributed by atoms with Gasteiger partial charge < -0.3 is 0 Å². The average Bonchev–Trinajstić information content (AvgIpc) is 1.87. The standard InChI is InChI=1S/C5H9BrCl2/c1-5(2-6,3-7)4-8/h2-4H2,1H3. The van der Waals surface area contributed by atoms with Crippen molar-refractivity contribution in [3.05, 3.63) is 0 Å². The summed E-state index contributed by atoms with van der Waals surface area (Å²) in [4.78, 5) is 0. The zero-order valence-corrected chi connectivity index (χ0v) is 7.85. The number of hydrogen-bond donors (Lipinski definition) is 0. The first kappa shape index (κ1) is 9.06. The van der Waals surface area contributed by atoms with Gasteiger partial charge in [-0.1, -0.05) is 22.9 Å². The van der Waals surface area contributed by atoms with Crippen molar-refractivity contribution in [1.82, 2.24) is 0 Å². The highest BCUT2D eigenvalue weighted by atomic mass is 79.9. The van der Waals surface area contributed by atoms with Gasteiger partial charge in [-0.2, -0.15) is 0 Å². The highest BCUT2D eigenvalue weighted by molar-refractivity contribution is 9.09. The smallest absolute Gasteiger partial charge is 0.0296 e. The van der Waals surface area contributed by atoms with E-state index in [1.807, 2.05) is 6.92 Å². The van der Waals surface area contributed by atoms with Crippen LogP contribution in [0.5, 0.6) is 0 Å². The third kappa shape index (κ3) is 2.56. The monoisotopic (exact) mass is 218 g/mol. The summed E-state index contributed by atoms with van der Waals surface area (Å²) < 4.78 is 0. The summed E-state index contributed by atoms with van der Waals surface area (Å²) in [7, 11) is 0. The van der Waals surface area contributed by atoms with E-state index in [0.717, 1.165) is 5.33 Å². The van der Waals surface area contributed by atoms with Crippen molar-refractivity contribution < 1.29 is 0 Å². The van der Waals surface area contributed by atoms with Gasteiger partial charge in [0.25, 0.3) is 0 Å². The van der Waals surface area contributed by atoms with Crippen LogP contribution in [0.1, 0.15) is 6.92 Å². The van der Waals surface area contributed by atoms with E-state index in [0.29, 0.717) is 11.8 Å². The Morgan fingerprint density at radius 1 is 1.38 bits per heavy atom. The summed E-state index contributed by atoms with van der Waals surface area (Å²) in [6.45, 7) is 2.04. The number of halogens is 3. The van der Waals surface area contributed by atoms with E-state index in [-0.39, 0.29) is 5.41 Å². The number of rotatable bonds is 3. The maximum Gasteiger partial charge on any atom is 0.0296 e. The van der Waals surface area contributed by atoms with Crippen LogP contribution in [0.15, 0.2) is 0 Å². The van der Waals surface area contributed by atoms with Crippen LogP contribution in [0.25, 0.3) is 0 Å². The Morgan fingerprint density at radius 3 is 1.75 bits per heavy atom. The van der Waals surface area contributed by atoms with Gasteiger partial charge in [0, 0.05) is 22.5 Å². The van der Waals surface area contributed by atoms with Crippen LogP contribution in [-0.4, -0.2) is 17.1 Å². The second kappa shape index (κ2) is 3.97. The Balaban J connectivity index is 3.58. The lowest BCUT2D eigenvalue weighted by Gasteiger charge is -2.19. The quantitative estimate of drug-likeness (QED) is 0.641. The lowest BCUT2D eigenvalue weighted by Crippen LogP contribution is -2.21. The molecule has 0 aromatic heterocycles. The molecule has 0 aliphatic carbocycles. The maximum atomic E-state index is 5.59. The van der Waals surface area contributed by atoms with Crippen molar-refractivity contribution in [2.75, 3.05) is 17.1 Å². The number of alkyl halides is 3. The topological polar surface area (TPSA) is 0 Å². The maximum absolute atomic E-state index is 5.59. The molecule has 0 spiro atoms. The van der Waals surface area contributed by atoms with Crippen molar-refractivity contribution in [3.63, 3.8) is 0 Å². The molecule has 0 bridgehead atoms. The lowest BCUT2D eigenvalue weighted by atomic mass is 10.0. The Bertz CT molecular complexity index is 53.2. The van der Waals surface area contributed by atoms with E-state index in [9.17, 15) is 0 Å². The fraction of sp³-hybridized carbons (Fsp3) is 1.00. The van der Waals surface area contributed by atoms with E-state index < -0.39 is 0 Å². The van der Waals surface area contributed by atoms with Gasteiger partial charge in [-0.25, -0.2) is 0 Å². The largest absolute Gasteiger partial charge is 0.126 e. The van der Waals surface area contributed by atoms with Crippen LogP contribution in [-0.2, 0) is 0 Å². The fourth-order valence-corrected chi connectivity index (χ4v) is 1.43. The Hall–Kier alpha value is 1.06. The van der Waals surface area contributed by atoms with Crippen LogP contribution in [0.2, 0.25) is 0 Å². The molecule has 50 valence electrons. The lowest BCUT2D eigenvalue weighted by molar-refractivity contribution is 0.500. The third-order valence-electron chi connectivity index (χ3n) is 0.968. The van der Waals surface area contributed by atoms with E-state index in [4.69, 9.17) is 23.2 Å². The summed E-state index contributed by atoms with van der Waals surface area (Å²) >= 11 is 14.5. The summed E-state index contributed by atoms with van der Waals surface area (Å²) in [5, 5.41) is 0.868. The molecule has 0 aromatic rings. The average molecular weight is 220 g/mol. The minimum Gasteiger partial charge on any atom is -0.126 e. The highest BCUT2D eigenvalue weighted by Crippen LogP contribution is 2.22. The van der Waals surface area contributed by atoms with Gasteiger partial charge in [0.05, 0.1) is 0 Å². The fourth-order valence-electron chi connectivity index (χ4n) is 0.107. The minimum absolute atomic E-state index is 0.0725. The molecule has 0 fully saturated rings. The van der Waals surface area contributed by atoms with E-state index in [1.165, 1.54) is 0 Å². The second-order valence-electron chi connectivity index (χ2n) is 2.21. The van der Waals surface area contributed by atoms with Crippen molar-refractivity contribution in [2.45, 2.75) is 6.92 Å². The predicted octanol–water partition coefficient (Wildman–Crippen LogP) is 2.87. The Labute approximate surface area is 68.7 Å². The van der Waals surface area contributed by atoms with E-state index >= 15 is 0 Å². The number of hydrogen-bond acceptors (Lipinski definition) is 0. The molecule has 0 radical (unpaired) electrons. The van der Waals surface area contributed by atoms with Gasteiger partial charge in [-0.05, 0) is 0 Å². The normalized spacial score (nSPS) is 12.0. The van der Waals surface area contributed by atoms with Gasteiger partial charge in [-0.3, -0.25) is 0 Å². The van der Waals surface area contributed by atoms with Gasteiger partial charge in [0.2, 0.25) is 0 Å². The van der Waals surface area contributed by atoms with Crippen LogP contribution in [0.4, 0.5) is 0 Å². The first-order valence-corrected chi connectivity index (χ1v) is 4.55. The summed E-state index contributed by atoms with van der Waals surface area (Å²) in [6, 6.07) is 0. The molecule has 0 rings (SSSR count). The molecule has 3 heteroatoms. The molecule has 0 aliphatic heterocycles. The van der Waals surface area contributed by atoms with Gasteiger partial charge in [-0.15, -0.1) is 23.2 Å². The van der Waals surface area contributed by atoms with Crippen LogP contribution in [0.3, 0.4) is 0 Å². The van der Waals surface area contributed by atoms with Gasteiger partial charge >= 0.3 is 0 Å². The molecule has 0 N–H and O–H groups in total. The molecule has 0 saturated heterocycles. The van der Waals surface area contributed by atoms with E-state index in [2.05, 4.69) is 15.9 Å². The zero-order chi connectivity index (χ0) is 6.62.